The van der Waals surface area contributed by atoms with Gasteiger partial charge in [0.25, 0.3) is 0 Å². The van der Waals surface area contributed by atoms with E-state index in [0.29, 0.717) is 18.5 Å². The molecule has 0 saturated carbocycles. The molecule has 1 heterocycles. The number of carbonyl (C=O) groups excluding carboxylic acids is 1. The van der Waals surface area contributed by atoms with E-state index in [9.17, 15) is 4.79 Å². The molecular formula is C21H33IN4O2. The summed E-state index contributed by atoms with van der Waals surface area (Å²) in [6.45, 7) is 3.78. The zero-order chi connectivity index (χ0) is 19.3. The van der Waals surface area contributed by atoms with E-state index >= 15 is 0 Å². The number of fused-ring (bicyclic) bond motifs is 1. The summed E-state index contributed by atoms with van der Waals surface area (Å²) in [7, 11) is 3.51. The van der Waals surface area contributed by atoms with E-state index in [1.54, 1.807) is 19.0 Å². The molecule has 2 atom stereocenters. The summed E-state index contributed by atoms with van der Waals surface area (Å²) in [4.78, 5) is 18.1. The van der Waals surface area contributed by atoms with Gasteiger partial charge in [-0.15, -0.1) is 24.0 Å². The van der Waals surface area contributed by atoms with Gasteiger partial charge in [0.2, 0.25) is 5.91 Å². The van der Waals surface area contributed by atoms with Crippen LogP contribution in [-0.2, 0) is 22.4 Å². The Labute approximate surface area is 185 Å². The highest BCUT2D eigenvalue weighted by Crippen LogP contribution is 2.24. The number of carbonyl (C=O) groups is 1. The zero-order valence-corrected chi connectivity index (χ0v) is 19.5. The topological polar surface area (TPSA) is 66.0 Å². The smallest absolute Gasteiger partial charge is 0.243 e. The van der Waals surface area contributed by atoms with Crippen LogP contribution in [0, 0.1) is 0 Å². The first-order valence-electron chi connectivity index (χ1n) is 9.91. The number of hydrogen-bond acceptors (Lipinski definition) is 3. The first-order chi connectivity index (χ1) is 13.0. The number of rotatable bonds is 5. The summed E-state index contributed by atoms with van der Waals surface area (Å²) in [6.07, 6.45) is 5.25. The lowest BCUT2D eigenvalue weighted by atomic mass is 9.88. The SMILES string of the molecule is CN(C)C(=O)CN=C(NCC1(C)CCCO1)NC1CCc2ccccc2C1.I. The third kappa shape index (κ3) is 6.34. The minimum absolute atomic E-state index is 0. The maximum Gasteiger partial charge on any atom is 0.243 e. The molecule has 1 fully saturated rings. The van der Waals surface area contributed by atoms with Crippen LogP contribution in [0.3, 0.4) is 0 Å². The van der Waals surface area contributed by atoms with Crippen LogP contribution in [0.25, 0.3) is 0 Å². The molecule has 2 N–H and O–H groups in total. The molecule has 2 unspecified atom stereocenters. The van der Waals surface area contributed by atoms with Gasteiger partial charge < -0.3 is 20.3 Å². The van der Waals surface area contributed by atoms with Gasteiger partial charge in [0.1, 0.15) is 6.54 Å². The standard InChI is InChI=1S/C21H32N4O2.HI/c1-21(11-6-12-27-21)15-23-20(22-14-19(26)25(2)3)24-18-10-9-16-7-4-5-8-17(16)13-18;/h4-5,7-8,18H,6,9-15H2,1-3H3,(H2,22,23,24);1H. The van der Waals surface area contributed by atoms with Gasteiger partial charge in [0.05, 0.1) is 5.60 Å². The Morgan fingerprint density at radius 3 is 2.75 bits per heavy atom. The lowest BCUT2D eigenvalue weighted by molar-refractivity contribution is -0.127. The number of nitrogens with one attached hydrogen (secondary N) is 2. The molecule has 0 radical (unpaired) electrons. The number of guanidine groups is 1. The maximum absolute atomic E-state index is 12.0. The highest BCUT2D eigenvalue weighted by atomic mass is 127. The lowest BCUT2D eigenvalue weighted by Crippen LogP contribution is -2.50. The number of aryl methyl sites for hydroxylation is 1. The lowest BCUT2D eigenvalue weighted by Gasteiger charge is -2.29. The number of halogens is 1. The number of benzene rings is 1. The van der Waals surface area contributed by atoms with Crippen molar-refractivity contribution in [1.82, 2.24) is 15.5 Å². The molecule has 2 aliphatic rings. The van der Waals surface area contributed by atoms with E-state index in [0.717, 1.165) is 38.7 Å². The maximum atomic E-state index is 12.0. The second-order valence-corrected chi connectivity index (χ2v) is 8.06. The van der Waals surface area contributed by atoms with Crippen molar-refractivity contribution in [3.8, 4) is 0 Å². The van der Waals surface area contributed by atoms with Crippen LogP contribution >= 0.6 is 24.0 Å². The minimum Gasteiger partial charge on any atom is -0.373 e. The normalized spacial score (nSPS) is 24.1. The Morgan fingerprint density at radius 1 is 1.32 bits per heavy atom. The Bertz CT molecular complexity index is 687. The first-order valence-corrected chi connectivity index (χ1v) is 9.91. The van der Waals surface area contributed by atoms with Gasteiger partial charge in [0, 0.05) is 33.3 Å². The van der Waals surface area contributed by atoms with Crippen LogP contribution in [0.15, 0.2) is 29.3 Å². The van der Waals surface area contributed by atoms with Gasteiger partial charge in [-0.05, 0) is 50.2 Å². The number of likely N-dealkylation sites (N-methyl/N-ethyl adjacent to an activating group) is 1. The Morgan fingerprint density at radius 2 is 2.07 bits per heavy atom. The van der Waals surface area contributed by atoms with E-state index in [-0.39, 0.29) is 42.0 Å². The van der Waals surface area contributed by atoms with Crippen molar-refractivity contribution in [3.05, 3.63) is 35.4 Å². The monoisotopic (exact) mass is 500 g/mol. The molecule has 1 saturated heterocycles. The van der Waals surface area contributed by atoms with Crippen LogP contribution in [0.5, 0.6) is 0 Å². The van der Waals surface area contributed by atoms with E-state index in [4.69, 9.17) is 4.74 Å². The second-order valence-electron chi connectivity index (χ2n) is 8.06. The highest BCUT2D eigenvalue weighted by molar-refractivity contribution is 14.0. The molecular weight excluding hydrogens is 467 g/mol. The van der Waals surface area contributed by atoms with Crippen LogP contribution in [0.1, 0.15) is 37.3 Å². The van der Waals surface area contributed by atoms with Crippen LogP contribution < -0.4 is 10.6 Å². The molecule has 1 amide bonds. The average Bonchev–Trinajstić information content (AvgIpc) is 3.10. The molecule has 1 aliphatic heterocycles. The summed E-state index contributed by atoms with van der Waals surface area (Å²) in [5.74, 6) is 0.694. The van der Waals surface area contributed by atoms with Gasteiger partial charge in [-0.2, -0.15) is 0 Å². The minimum atomic E-state index is -0.160. The molecule has 0 spiro atoms. The van der Waals surface area contributed by atoms with Crippen molar-refractivity contribution >= 4 is 35.8 Å². The second kappa shape index (κ2) is 10.4. The average molecular weight is 500 g/mol. The molecule has 1 aromatic rings. The van der Waals surface area contributed by atoms with Crippen LogP contribution in [0.4, 0.5) is 0 Å². The van der Waals surface area contributed by atoms with Crippen molar-refractivity contribution in [2.75, 3.05) is 33.8 Å². The predicted molar refractivity (Wildman–Crippen MR) is 123 cm³/mol. The van der Waals surface area contributed by atoms with Gasteiger partial charge in [-0.1, -0.05) is 24.3 Å². The summed E-state index contributed by atoms with van der Waals surface area (Å²) < 4.78 is 5.87. The summed E-state index contributed by atoms with van der Waals surface area (Å²) >= 11 is 0. The third-order valence-corrected chi connectivity index (χ3v) is 5.49. The van der Waals surface area contributed by atoms with E-state index < -0.39 is 0 Å². The number of amides is 1. The fourth-order valence-electron chi connectivity index (χ4n) is 3.70. The van der Waals surface area contributed by atoms with E-state index in [1.165, 1.54) is 11.1 Å². The molecule has 0 bridgehead atoms. The molecule has 3 rings (SSSR count). The molecule has 0 aromatic heterocycles. The van der Waals surface area contributed by atoms with Crippen molar-refractivity contribution in [3.63, 3.8) is 0 Å². The summed E-state index contributed by atoms with van der Waals surface area (Å²) in [5, 5.41) is 6.96. The number of nitrogens with zero attached hydrogens (tertiary/aromatic N) is 2. The molecule has 7 heteroatoms. The predicted octanol–water partition coefficient (Wildman–Crippen LogP) is 2.35. The van der Waals surface area contributed by atoms with Gasteiger partial charge in [0.15, 0.2) is 5.96 Å². The van der Waals surface area contributed by atoms with Gasteiger partial charge in [-0.3, -0.25) is 4.79 Å². The van der Waals surface area contributed by atoms with Gasteiger partial charge >= 0.3 is 0 Å². The van der Waals surface area contributed by atoms with Crippen molar-refractivity contribution in [2.24, 2.45) is 4.99 Å². The molecule has 1 aliphatic carbocycles. The van der Waals surface area contributed by atoms with E-state index in [1.807, 2.05) is 0 Å². The molecule has 1 aromatic carbocycles. The highest BCUT2D eigenvalue weighted by Gasteiger charge is 2.30. The van der Waals surface area contributed by atoms with Crippen molar-refractivity contribution in [2.45, 2.75) is 50.7 Å². The first kappa shape index (κ1) is 22.9. The van der Waals surface area contributed by atoms with Crippen LogP contribution in [-0.4, -0.2) is 62.2 Å². The fraction of sp³-hybridized carbons (Fsp3) is 0.619. The largest absolute Gasteiger partial charge is 0.373 e. The molecule has 28 heavy (non-hydrogen) atoms. The zero-order valence-electron chi connectivity index (χ0n) is 17.2. The Hall–Kier alpha value is -1.35. The quantitative estimate of drug-likeness (QED) is 0.370. The van der Waals surface area contributed by atoms with Gasteiger partial charge in [-0.25, -0.2) is 4.99 Å². The molecule has 6 nitrogen and oxygen atoms in total. The van der Waals surface area contributed by atoms with Crippen molar-refractivity contribution < 1.29 is 9.53 Å². The van der Waals surface area contributed by atoms with E-state index in [2.05, 4.69) is 46.8 Å². The summed E-state index contributed by atoms with van der Waals surface area (Å²) in [5.41, 5.74) is 2.68. The number of ether oxygens (including phenoxy) is 1. The summed E-state index contributed by atoms with van der Waals surface area (Å²) in [6, 6.07) is 8.94. The van der Waals surface area contributed by atoms with Crippen molar-refractivity contribution in [1.29, 1.82) is 0 Å². The fourth-order valence-corrected chi connectivity index (χ4v) is 3.70. The third-order valence-electron chi connectivity index (χ3n) is 5.49. The number of aliphatic imine (C=N–C) groups is 1. The van der Waals surface area contributed by atoms with Crippen LogP contribution in [0.2, 0.25) is 0 Å². The number of hydrogen-bond donors (Lipinski definition) is 2. The Kier molecular flexibility index (Phi) is 8.55. The Balaban J connectivity index is 0.00000280. The molecule has 156 valence electrons.